The summed E-state index contributed by atoms with van der Waals surface area (Å²) in [7, 11) is 0. The number of aldehydes is 1. The van der Waals surface area contributed by atoms with Gasteiger partial charge in [-0.2, -0.15) is 0 Å². The van der Waals surface area contributed by atoms with E-state index < -0.39 is 0 Å². The van der Waals surface area contributed by atoms with Crippen molar-refractivity contribution in [3.8, 4) is 0 Å². The van der Waals surface area contributed by atoms with Gasteiger partial charge in [-0.05, 0) is 44.6 Å². The summed E-state index contributed by atoms with van der Waals surface area (Å²) in [5.74, 6) is 0. The molecule has 0 saturated heterocycles. The highest BCUT2D eigenvalue weighted by Crippen LogP contribution is 1.96. The molecule has 0 heterocycles. The molecule has 0 saturated carbocycles. The van der Waals surface area contributed by atoms with Gasteiger partial charge in [0.15, 0.2) is 0 Å². The largest absolute Gasteiger partial charge is 0.299 e. The molecule has 0 aliphatic carbocycles. The van der Waals surface area contributed by atoms with Gasteiger partial charge in [0, 0.05) is 0 Å². The van der Waals surface area contributed by atoms with Gasteiger partial charge in [0.2, 0.25) is 0 Å². The normalized spacial score (nSPS) is 13.2. The quantitative estimate of drug-likeness (QED) is 0.248. The monoisotopic (exact) mass is 284 g/mol. The third kappa shape index (κ3) is 18.1. The molecule has 0 N–H and O–H groups in total. The van der Waals surface area contributed by atoms with Gasteiger partial charge in [-0.1, -0.05) is 73.8 Å². The molecule has 114 valence electrons. The summed E-state index contributed by atoms with van der Waals surface area (Å²) in [4.78, 5) is 10.0. The zero-order valence-corrected chi connectivity index (χ0v) is 13.2. The van der Waals surface area contributed by atoms with Crippen LogP contribution in [0.25, 0.3) is 0 Å². The third-order valence-corrected chi connectivity index (χ3v) is 2.64. The van der Waals surface area contributed by atoms with E-state index in [4.69, 9.17) is 0 Å². The average molecular weight is 284 g/mol. The van der Waals surface area contributed by atoms with Crippen LogP contribution in [0.3, 0.4) is 0 Å². The Morgan fingerprint density at radius 3 is 1.19 bits per heavy atom. The predicted molar refractivity (Wildman–Crippen MR) is 94.3 cm³/mol. The van der Waals surface area contributed by atoms with Crippen LogP contribution in [0.4, 0.5) is 0 Å². The molecule has 0 rings (SSSR count). The summed E-state index contributed by atoms with van der Waals surface area (Å²) in [6.45, 7) is 2.15. The van der Waals surface area contributed by atoms with Gasteiger partial charge in [0.05, 0.1) is 0 Å². The number of hydrogen-bond donors (Lipinski definition) is 0. The number of carbonyl (C=O) groups is 1. The van der Waals surface area contributed by atoms with Crippen molar-refractivity contribution < 1.29 is 4.79 Å². The second kappa shape index (κ2) is 18.1. The van der Waals surface area contributed by atoms with E-state index in [0.29, 0.717) is 0 Å². The molecule has 0 spiro atoms. The van der Waals surface area contributed by atoms with Gasteiger partial charge in [-0.15, -0.1) is 0 Å². The van der Waals surface area contributed by atoms with Gasteiger partial charge in [0.25, 0.3) is 0 Å². The van der Waals surface area contributed by atoms with Crippen molar-refractivity contribution in [3.05, 3.63) is 72.9 Å². The van der Waals surface area contributed by atoms with Crippen LogP contribution in [0.5, 0.6) is 0 Å². The van der Waals surface area contributed by atoms with Crippen LogP contribution in [0.1, 0.15) is 45.4 Å². The Morgan fingerprint density at radius 2 is 0.857 bits per heavy atom. The molecule has 21 heavy (non-hydrogen) atoms. The third-order valence-electron chi connectivity index (χ3n) is 2.64. The van der Waals surface area contributed by atoms with E-state index in [0.717, 1.165) is 44.8 Å². The minimum absolute atomic E-state index is 0.803. The van der Waals surface area contributed by atoms with Crippen molar-refractivity contribution in [3.63, 3.8) is 0 Å². The first kappa shape index (κ1) is 19.1. The zero-order chi connectivity index (χ0) is 15.4. The highest BCUT2D eigenvalue weighted by molar-refractivity contribution is 5.64. The van der Waals surface area contributed by atoms with Crippen LogP contribution in [-0.2, 0) is 4.79 Å². The molecular formula is C20H28O. The molecular weight excluding hydrogens is 256 g/mol. The SMILES string of the molecule is CC/C=C\C/C=C\C/C=C\C/C=C\C/C=C\C/C=C\C=O. The molecule has 1 heteroatoms. The maximum Gasteiger partial charge on any atom is 0.142 e. The van der Waals surface area contributed by atoms with Crippen LogP contribution in [-0.4, -0.2) is 6.29 Å². The van der Waals surface area contributed by atoms with E-state index in [1.165, 1.54) is 6.08 Å². The molecule has 0 aliphatic heterocycles. The van der Waals surface area contributed by atoms with Crippen molar-refractivity contribution in [2.45, 2.75) is 45.4 Å². The van der Waals surface area contributed by atoms with E-state index in [1.54, 1.807) is 0 Å². The molecule has 0 fully saturated rings. The van der Waals surface area contributed by atoms with Crippen LogP contribution in [0.2, 0.25) is 0 Å². The summed E-state index contributed by atoms with van der Waals surface area (Å²) in [5.41, 5.74) is 0. The van der Waals surface area contributed by atoms with E-state index in [-0.39, 0.29) is 0 Å². The summed E-state index contributed by atoms with van der Waals surface area (Å²) in [6.07, 6.45) is 31.8. The first-order valence-electron chi connectivity index (χ1n) is 7.77. The van der Waals surface area contributed by atoms with Gasteiger partial charge >= 0.3 is 0 Å². The van der Waals surface area contributed by atoms with E-state index >= 15 is 0 Å². The van der Waals surface area contributed by atoms with Crippen LogP contribution in [0.15, 0.2) is 72.9 Å². The standard InChI is InChI=1S/C20H28O/c1-2-3-4-5-6-7-8-9-10-11-12-13-14-15-16-17-18-19-20-21/h3-4,6-7,9-10,12-13,15-16,18-20H,2,5,8,11,14,17H2,1H3/b4-3-,7-6-,10-9-,13-12-,16-15-,19-18-. The van der Waals surface area contributed by atoms with Crippen molar-refractivity contribution in [2.24, 2.45) is 0 Å². The van der Waals surface area contributed by atoms with Crippen LogP contribution in [0, 0.1) is 0 Å². The number of rotatable bonds is 12. The highest BCUT2D eigenvalue weighted by Gasteiger charge is 1.75. The topological polar surface area (TPSA) is 17.1 Å². The fraction of sp³-hybridized carbons (Fsp3) is 0.350. The maximum atomic E-state index is 10.0. The average Bonchev–Trinajstić information content (AvgIpc) is 2.50. The smallest absolute Gasteiger partial charge is 0.142 e. The Kier molecular flexibility index (Phi) is 16.5. The van der Waals surface area contributed by atoms with Crippen molar-refractivity contribution in [1.29, 1.82) is 0 Å². The van der Waals surface area contributed by atoms with E-state index in [1.807, 2.05) is 6.08 Å². The minimum Gasteiger partial charge on any atom is -0.299 e. The molecule has 0 radical (unpaired) electrons. The lowest BCUT2D eigenvalue weighted by Crippen LogP contribution is -1.65. The molecule has 0 aromatic rings. The Balaban J connectivity index is 3.49. The molecule has 0 unspecified atom stereocenters. The lowest BCUT2D eigenvalue weighted by molar-refractivity contribution is -0.104. The van der Waals surface area contributed by atoms with Crippen LogP contribution >= 0.6 is 0 Å². The number of hydrogen-bond acceptors (Lipinski definition) is 1. The Bertz CT molecular complexity index is 392. The summed E-state index contributed by atoms with van der Waals surface area (Å²) in [6, 6.07) is 0. The fourth-order valence-corrected chi connectivity index (χ4v) is 1.56. The summed E-state index contributed by atoms with van der Waals surface area (Å²) < 4.78 is 0. The second-order valence-electron chi connectivity index (χ2n) is 4.51. The number of allylic oxidation sites excluding steroid dienone is 12. The molecule has 0 aromatic carbocycles. The highest BCUT2D eigenvalue weighted by atomic mass is 16.1. The van der Waals surface area contributed by atoms with E-state index in [2.05, 4.69) is 67.7 Å². The molecule has 1 nitrogen and oxygen atoms in total. The lowest BCUT2D eigenvalue weighted by atomic mass is 10.2. The van der Waals surface area contributed by atoms with E-state index in [9.17, 15) is 4.79 Å². The molecule has 0 aliphatic rings. The summed E-state index contributed by atoms with van der Waals surface area (Å²) in [5, 5.41) is 0. The Labute approximate surface area is 130 Å². The minimum atomic E-state index is 0.803. The molecule has 0 amide bonds. The van der Waals surface area contributed by atoms with Gasteiger partial charge < -0.3 is 0 Å². The van der Waals surface area contributed by atoms with Crippen molar-refractivity contribution >= 4 is 6.29 Å². The Morgan fingerprint density at radius 1 is 0.524 bits per heavy atom. The fourth-order valence-electron chi connectivity index (χ4n) is 1.56. The first-order valence-corrected chi connectivity index (χ1v) is 7.77. The van der Waals surface area contributed by atoms with Gasteiger partial charge in [-0.25, -0.2) is 0 Å². The van der Waals surface area contributed by atoms with Crippen LogP contribution < -0.4 is 0 Å². The summed E-state index contributed by atoms with van der Waals surface area (Å²) >= 11 is 0. The first-order chi connectivity index (χ1) is 10.4. The molecule has 0 aromatic heterocycles. The second-order valence-corrected chi connectivity index (χ2v) is 4.51. The molecule has 0 bridgehead atoms. The predicted octanol–water partition coefficient (Wildman–Crippen LogP) is 5.88. The van der Waals surface area contributed by atoms with Crippen molar-refractivity contribution in [1.82, 2.24) is 0 Å². The van der Waals surface area contributed by atoms with Gasteiger partial charge in [-0.3, -0.25) is 4.79 Å². The Hall–Kier alpha value is -1.89. The zero-order valence-electron chi connectivity index (χ0n) is 13.2. The molecule has 0 atom stereocenters. The lowest BCUT2D eigenvalue weighted by Gasteiger charge is -1.85. The maximum absolute atomic E-state index is 10.0. The van der Waals surface area contributed by atoms with Gasteiger partial charge in [0.1, 0.15) is 6.29 Å². The van der Waals surface area contributed by atoms with Crippen molar-refractivity contribution in [2.75, 3.05) is 0 Å². The number of carbonyl (C=O) groups excluding carboxylic acids is 1.